The Morgan fingerprint density at radius 3 is 1.26 bits per heavy atom. The Labute approximate surface area is 206 Å². The number of methoxy groups -OCH3 is 2. The Morgan fingerprint density at radius 1 is 0.706 bits per heavy atom. The van der Waals surface area contributed by atoms with E-state index in [2.05, 4.69) is 7.85 Å². The zero-order chi connectivity index (χ0) is 25.6. The van der Waals surface area contributed by atoms with Gasteiger partial charge in [0.05, 0.1) is 28.6 Å². The second-order valence-electron chi connectivity index (χ2n) is 5.85. The maximum Gasteiger partial charge on any atom is 0.642 e. The highest BCUT2D eigenvalue weighted by molar-refractivity contribution is 6.48. The third-order valence-electron chi connectivity index (χ3n) is 3.78. The quantitative estimate of drug-likeness (QED) is 0.578. The van der Waals surface area contributed by atoms with Crippen LogP contribution in [0, 0.1) is 0 Å². The zero-order valence-electron chi connectivity index (χ0n) is 21.2. The standard InChI is InChI=1S/C8H10O2.C3H6B2O5.2C2H5BO2.C2H6.CH3B/c1-9-7-5-3-4-6-8(7)10-2;1(4-7-2-8-4)6-5-9-3-10-5;2*1-3-4-2-5-3;2*1-2/h3-6H,1-2H3;1-3H2;2*2H2,1H3;1-2H3;1H3. The highest BCUT2D eigenvalue weighted by Crippen LogP contribution is 2.24. The van der Waals surface area contributed by atoms with Gasteiger partial charge in [0, 0.05) is 0 Å². The maximum absolute atomic E-state index is 5.01. The van der Waals surface area contributed by atoms with Gasteiger partial charge in [-0.25, -0.2) is 0 Å². The van der Waals surface area contributed by atoms with Crippen LogP contribution < -0.4 is 9.47 Å². The van der Waals surface area contributed by atoms with E-state index in [0.29, 0.717) is 33.7 Å². The van der Waals surface area contributed by atoms with Gasteiger partial charge in [-0.1, -0.05) is 32.8 Å². The van der Waals surface area contributed by atoms with Gasteiger partial charge in [0.1, 0.15) is 27.2 Å². The molecule has 0 aliphatic carbocycles. The second kappa shape index (κ2) is 22.3. The van der Waals surface area contributed by atoms with Crippen molar-refractivity contribution in [2.75, 3.05) is 47.9 Å². The van der Waals surface area contributed by atoms with Gasteiger partial charge in [-0.2, -0.15) is 0 Å². The molecule has 16 heteroatoms. The van der Waals surface area contributed by atoms with Crippen LogP contribution in [0.15, 0.2) is 24.3 Å². The van der Waals surface area contributed by atoms with E-state index in [1.165, 1.54) is 6.82 Å². The van der Waals surface area contributed by atoms with E-state index in [0.717, 1.165) is 11.5 Å². The van der Waals surface area contributed by atoms with E-state index < -0.39 is 7.32 Å². The van der Waals surface area contributed by atoms with Crippen molar-refractivity contribution in [1.82, 2.24) is 0 Å². The molecule has 0 amide bonds. The molecule has 0 unspecified atom stereocenters. The predicted molar refractivity (Wildman–Crippen MR) is 131 cm³/mol. The van der Waals surface area contributed by atoms with Crippen molar-refractivity contribution in [1.29, 1.82) is 0 Å². The first-order valence-corrected chi connectivity index (χ1v) is 10.9. The first-order valence-electron chi connectivity index (χ1n) is 10.9. The lowest BCUT2D eigenvalue weighted by Crippen LogP contribution is -2.46. The van der Waals surface area contributed by atoms with Crippen LogP contribution in [0.25, 0.3) is 0 Å². The van der Waals surface area contributed by atoms with Gasteiger partial charge in [0.15, 0.2) is 11.5 Å². The number of hydrogen-bond donors (Lipinski definition) is 0. The number of benzene rings is 1. The van der Waals surface area contributed by atoms with E-state index in [4.69, 9.17) is 51.4 Å². The molecule has 0 N–H and O–H groups in total. The van der Waals surface area contributed by atoms with Gasteiger partial charge in [0.2, 0.25) is 0 Å². The number of para-hydroxylation sites is 2. The van der Waals surface area contributed by atoms with Crippen LogP contribution in [-0.4, -0.2) is 84.4 Å². The molecule has 11 nitrogen and oxygen atoms in total. The van der Waals surface area contributed by atoms with Crippen molar-refractivity contribution < 1.29 is 51.4 Å². The molecule has 0 aromatic heterocycles. The molecule has 4 saturated heterocycles. The summed E-state index contributed by atoms with van der Waals surface area (Å²) in [5.41, 5.74) is 0. The lowest BCUT2D eigenvalue weighted by Gasteiger charge is -2.26. The predicted octanol–water partition coefficient (Wildman–Crippen LogP) is 2.17. The molecule has 0 saturated carbocycles. The summed E-state index contributed by atoms with van der Waals surface area (Å²) in [6.07, 6.45) is 0. The molecule has 4 aliphatic heterocycles. The largest absolute Gasteiger partial charge is 0.642 e. The van der Waals surface area contributed by atoms with Gasteiger partial charge >= 0.3 is 28.7 Å². The number of ether oxygens (including phenoxy) is 2. The molecule has 2 radical (unpaired) electrons. The monoisotopic (exact) mass is 482 g/mol. The van der Waals surface area contributed by atoms with Crippen LogP contribution in [0.2, 0.25) is 20.5 Å². The molecule has 4 aliphatic rings. The molecule has 188 valence electrons. The fraction of sp³-hybridized carbons (Fsp3) is 0.667. The van der Waals surface area contributed by atoms with Gasteiger partial charge in [-0.3, -0.25) is 0 Å². The molecule has 34 heavy (non-hydrogen) atoms. The minimum atomic E-state index is -0.507. The summed E-state index contributed by atoms with van der Waals surface area (Å²) in [6.45, 7) is 11.2. The summed E-state index contributed by atoms with van der Waals surface area (Å²) in [5, 5.41) is 0. The average Bonchev–Trinajstić information content (AvgIpc) is 2.80. The highest BCUT2D eigenvalue weighted by atomic mass is 16.9. The first-order chi connectivity index (χ1) is 16.6. The lowest BCUT2D eigenvalue weighted by molar-refractivity contribution is -0.0763. The Balaban J connectivity index is 0.000000423. The minimum absolute atomic E-state index is 0.0648. The van der Waals surface area contributed by atoms with Crippen molar-refractivity contribution in [3.8, 4) is 11.5 Å². The summed E-state index contributed by atoms with van der Waals surface area (Å²) < 4.78 is 53.2. The Hall–Kier alpha value is -1.22. The maximum atomic E-state index is 5.01. The smallest absolute Gasteiger partial charge is 0.493 e. The van der Waals surface area contributed by atoms with Crippen LogP contribution in [-0.2, 0) is 41.9 Å². The van der Waals surface area contributed by atoms with E-state index in [9.17, 15) is 0 Å². The highest BCUT2D eigenvalue weighted by Gasteiger charge is 2.35. The van der Waals surface area contributed by atoms with Gasteiger partial charge < -0.3 is 51.4 Å². The Kier molecular flexibility index (Phi) is 21.5. The number of rotatable bonds is 5. The van der Waals surface area contributed by atoms with E-state index in [1.54, 1.807) is 14.2 Å². The molecule has 1 aromatic rings. The number of hydrogen-bond acceptors (Lipinski definition) is 11. The molecule has 1 aromatic carbocycles. The van der Waals surface area contributed by atoms with Crippen molar-refractivity contribution >= 4 is 36.5 Å². The van der Waals surface area contributed by atoms with Crippen LogP contribution in [0.4, 0.5) is 0 Å². The van der Waals surface area contributed by atoms with E-state index in [1.807, 2.05) is 51.8 Å². The average molecular weight is 482 g/mol. The molecular formula is C18H35B5O11. The molecule has 0 bridgehead atoms. The van der Waals surface area contributed by atoms with Crippen LogP contribution in [0.3, 0.4) is 0 Å². The van der Waals surface area contributed by atoms with E-state index in [-0.39, 0.29) is 21.4 Å². The van der Waals surface area contributed by atoms with Crippen LogP contribution >= 0.6 is 0 Å². The van der Waals surface area contributed by atoms with Gasteiger partial charge in [0.25, 0.3) is 0 Å². The second-order valence-corrected chi connectivity index (χ2v) is 5.85. The summed E-state index contributed by atoms with van der Waals surface area (Å²) in [7, 11) is 7.14. The van der Waals surface area contributed by atoms with Crippen LogP contribution in [0.1, 0.15) is 13.8 Å². The lowest BCUT2D eigenvalue weighted by atomic mass is 9.89. The normalized spacial score (nSPS) is 16.6. The molecule has 0 spiro atoms. The molecule has 4 heterocycles. The summed E-state index contributed by atoms with van der Waals surface area (Å²) >= 11 is 0. The molecule has 4 fully saturated rings. The van der Waals surface area contributed by atoms with Gasteiger partial charge in [-0.05, 0) is 25.8 Å². The van der Waals surface area contributed by atoms with Gasteiger partial charge in [-0.15, -0.1) is 0 Å². The summed E-state index contributed by atoms with van der Waals surface area (Å²) in [4.78, 5) is 0. The molecule has 5 rings (SSSR count). The molecular weight excluding hydrogens is 446 g/mol. The van der Waals surface area contributed by atoms with Crippen LogP contribution in [0.5, 0.6) is 11.5 Å². The topological polar surface area (TPSA) is 102 Å². The summed E-state index contributed by atoms with van der Waals surface area (Å²) in [6, 6.07) is 7.53. The molecule has 0 atom stereocenters. The fourth-order valence-corrected chi connectivity index (χ4v) is 1.83. The Morgan fingerprint density at radius 2 is 1.06 bits per heavy atom. The van der Waals surface area contributed by atoms with Crippen molar-refractivity contribution in [3.63, 3.8) is 0 Å². The first kappa shape index (κ1) is 32.8. The Bertz CT molecular complexity index is 528. The van der Waals surface area contributed by atoms with Crippen molar-refractivity contribution in [3.05, 3.63) is 24.3 Å². The zero-order valence-corrected chi connectivity index (χ0v) is 21.2. The van der Waals surface area contributed by atoms with Crippen molar-refractivity contribution in [2.45, 2.75) is 34.3 Å². The summed E-state index contributed by atoms with van der Waals surface area (Å²) in [5.74, 6) is 1.54. The minimum Gasteiger partial charge on any atom is -0.493 e. The SMILES string of the molecule is C1OB(COB2OCO2)O1.CB1OCO1.CB1OCO1.CC.COc1ccccc1OC.[B]C. The third-order valence-corrected chi connectivity index (χ3v) is 3.78. The fourth-order valence-electron chi connectivity index (χ4n) is 1.83. The van der Waals surface area contributed by atoms with E-state index >= 15 is 0 Å². The third kappa shape index (κ3) is 14.9. The van der Waals surface area contributed by atoms with Crippen molar-refractivity contribution in [2.24, 2.45) is 0 Å².